The average Bonchev–Trinajstić information content (AvgIpc) is 2.27. The summed E-state index contributed by atoms with van der Waals surface area (Å²) in [6, 6.07) is 5.67. The minimum atomic E-state index is -4.68. The molecule has 102 valence electrons. The van der Waals surface area contributed by atoms with Crippen LogP contribution in [0.3, 0.4) is 0 Å². The van der Waals surface area contributed by atoms with E-state index < -0.39 is 6.36 Å². The van der Waals surface area contributed by atoms with Gasteiger partial charge in [-0.15, -0.1) is 13.2 Å². The van der Waals surface area contributed by atoms with Crippen LogP contribution in [0.1, 0.15) is 5.56 Å². The van der Waals surface area contributed by atoms with Crippen molar-refractivity contribution in [2.75, 3.05) is 20.3 Å². The predicted molar refractivity (Wildman–Crippen MR) is 57.8 cm³/mol. The molecular weight excluding hydrogens is 251 g/mol. The lowest BCUT2D eigenvalue weighted by atomic mass is 10.2. The zero-order valence-corrected chi connectivity index (χ0v) is 9.79. The Kier molecular flexibility index (Phi) is 5.90. The number of rotatable bonds is 7. The first-order chi connectivity index (χ1) is 8.51. The van der Waals surface area contributed by atoms with Gasteiger partial charge >= 0.3 is 6.36 Å². The molecule has 0 aliphatic rings. The summed E-state index contributed by atoms with van der Waals surface area (Å²) in [7, 11) is 1.54. The summed E-state index contributed by atoms with van der Waals surface area (Å²) in [6.07, 6.45) is -4.68. The second kappa shape index (κ2) is 7.20. The van der Waals surface area contributed by atoms with Gasteiger partial charge in [0.15, 0.2) is 0 Å². The Hall–Kier alpha value is -1.31. The van der Waals surface area contributed by atoms with Crippen molar-refractivity contribution in [3.8, 4) is 5.75 Å². The highest BCUT2D eigenvalue weighted by Gasteiger charge is 2.31. The van der Waals surface area contributed by atoms with Gasteiger partial charge in [-0.05, 0) is 17.7 Å². The third-order valence-corrected chi connectivity index (χ3v) is 1.90. The van der Waals surface area contributed by atoms with Crippen molar-refractivity contribution in [1.29, 1.82) is 0 Å². The smallest absolute Gasteiger partial charge is 0.406 e. The van der Waals surface area contributed by atoms with Crippen LogP contribution in [0.5, 0.6) is 5.75 Å². The number of nitrogens with one attached hydrogen (secondary N) is 1. The van der Waals surface area contributed by atoms with Crippen LogP contribution in [0.2, 0.25) is 0 Å². The van der Waals surface area contributed by atoms with Gasteiger partial charge in [-0.25, -0.2) is 0 Å². The SMILES string of the molecule is COCCONCc1cccc(OC(F)(F)F)c1. The van der Waals surface area contributed by atoms with Crippen molar-refractivity contribution in [2.24, 2.45) is 0 Å². The molecule has 0 aromatic heterocycles. The fraction of sp³-hybridized carbons (Fsp3) is 0.455. The average molecular weight is 265 g/mol. The molecule has 0 heterocycles. The molecule has 0 aliphatic heterocycles. The first kappa shape index (κ1) is 14.7. The molecule has 7 heteroatoms. The van der Waals surface area contributed by atoms with Crippen molar-refractivity contribution >= 4 is 0 Å². The van der Waals surface area contributed by atoms with E-state index in [1.165, 1.54) is 18.2 Å². The molecule has 0 saturated carbocycles. The van der Waals surface area contributed by atoms with Gasteiger partial charge in [0.2, 0.25) is 0 Å². The van der Waals surface area contributed by atoms with Gasteiger partial charge in [0, 0.05) is 13.7 Å². The van der Waals surface area contributed by atoms with Crippen LogP contribution in [0.25, 0.3) is 0 Å². The number of benzene rings is 1. The van der Waals surface area contributed by atoms with E-state index in [2.05, 4.69) is 10.2 Å². The summed E-state index contributed by atoms with van der Waals surface area (Å²) in [5, 5.41) is 0. The zero-order valence-electron chi connectivity index (χ0n) is 9.79. The molecule has 4 nitrogen and oxygen atoms in total. The Bertz CT molecular complexity index is 358. The van der Waals surface area contributed by atoms with E-state index in [9.17, 15) is 13.2 Å². The van der Waals surface area contributed by atoms with Crippen LogP contribution in [-0.2, 0) is 16.1 Å². The minimum absolute atomic E-state index is 0.251. The number of hydroxylamine groups is 1. The molecule has 0 atom stereocenters. The number of hydrogen-bond donors (Lipinski definition) is 1. The van der Waals surface area contributed by atoms with Crippen LogP contribution < -0.4 is 10.2 Å². The molecule has 0 saturated heterocycles. The van der Waals surface area contributed by atoms with Crippen LogP contribution in [0, 0.1) is 0 Å². The molecular formula is C11H14F3NO3. The van der Waals surface area contributed by atoms with Gasteiger partial charge < -0.3 is 9.47 Å². The summed E-state index contributed by atoms with van der Waals surface area (Å²) in [4.78, 5) is 4.98. The molecule has 0 aliphatic carbocycles. The third-order valence-electron chi connectivity index (χ3n) is 1.90. The summed E-state index contributed by atoms with van der Waals surface area (Å²) in [6.45, 7) is 1.07. The fourth-order valence-electron chi connectivity index (χ4n) is 1.18. The topological polar surface area (TPSA) is 39.7 Å². The monoisotopic (exact) mass is 265 g/mol. The molecule has 1 aromatic rings. The standard InChI is InChI=1S/C11H14F3NO3/c1-16-5-6-17-15-8-9-3-2-4-10(7-9)18-11(12,13)14/h2-4,7,15H,5-6,8H2,1H3. The molecule has 1 N–H and O–H groups in total. The predicted octanol–water partition coefficient (Wildman–Crippen LogP) is 2.25. The van der Waals surface area contributed by atoms with Crippen LogP contribution in [0.4, 0.5) is 13.2 Å². The lowest BCUT2D eigenvalue weighted by Gasteiger charge is -2.10. The highest BCUT2D eigenvalue weighted by Crippen LogP contribution is 2.23. The van der Waals surface area contributed by atoms with E-state index in [0.717, 1.165) is 0 Å². The van der Waals surface area contributed by atoms with Crippen molar-refractivity contribution in [3.05, 3.63) is 29.8 Å². The lowest BCUT2D eigenvalue weighted by molar-refractivity contribution is -0.274. The first-order valence-electron chi connectivity index (χ1n) is 5.19. The van der Waals surface area contributed by atoms with Crippen LogP contribution in [0.15, 0.2) is 24.3 Å². The number of alkyl halides is 3. The maximum atomic E-state index is 12.0. The Morgan fingerprint density at radius 1 is 1.22 bits per heavy atom. The normalized spacial score (nSPS) is 11.6. The summed E-state index contributed by atoms with van der Waals surface area (Å²) < 4.78 is 44.5. The number of ether oxygens (including phenoxy) is 2. The second-order valence-corrected chi connectivity index (χ2v) is 3.36. The maximum absolute atomic E-state index is 12.0. The molecule has 0 radical (unpaired) electrons. The molecule has 0 bridgehead atoms. The molecule has 0 unspecified atom stereocenters. The largest absolute Gasteiger partial charge is 0.573 e. The van der Waals surface area contributed by atoms with E-state index in [0.29, 0.717) is 18.8 Å². The number of hydrogen-bond acceptors (Lipinski definition) is 4. The Morgan fingerprint density at radius 2 is 2.00 bits per heavy atom. The van der Waals surface area contributed by atoms with Gasteiger partial charge in [0.05, 0.1) is 13.2 Å². The van der Waals surface area contributed by atoms with Crippen molar-refractivity contribution in [2.45, 2.75) is 12.9 Å². The van der Waals surface area contributed by atoms with Gasteiger partial charge in [0.1, 0.15) is 5.75 Å². The number of halogens is 3. The summed E-state index contributed by atoms with van der Waals surface area (Å²) in [5.74, 6) is -0.251. The van der Waals surface area contributed by atoms with E-state index in [1.807, 2.05) is 0 Å². The number of methoxy groups -OCH3 is 1. The third kappa shape index (κ3) is 6.43. The van der Waals surface area contributed by atoms with Gasteiger partial charge in [-0.1, -0.05) is 12.1 Å². The Morgan fingerprint density at radius 3 is 2.67 bits per heavy atom. The minimum Gasteiger partial charge on any atom is -0.406 e. The van der Waals surface area contributed by atoms with Crippen LogP contribution >= 0.6 is 0 Å². The van der Waals surface area contributed by atoms with Crippen molar-refractivity contribution in [3.63, 3.8) is 0 Å². The highest BCUT2D eigenvalue weighted by molar-refractivity contribution is 5.28. The fourth-order valence-corrected chi connectivity index (χ4v) is 1.18. The molecule has 0 amide bonds. The van der Waals surface area contributed by atoms with Crippen molar-refractivity contribution < 1.29 is 27.5 Å². The molecule has 0 spiro atoms. The quantitative estimate of drug-likeness (QED) is 0.606. The second-order valence-electron chi connectivity index (χ2n) is 3.36. The van der Waals surface area contributed by atoms with Crippen molar-refractivity contribution in [1.82, 2.24) is 5.48 Å². The molecule has 1 rings (SSSR count). The maximum Gasteiger partial charge on any atom is 0.573 e. The summed E-state index contributed by atoms with van der Waals surface area (Å²) >= 11 is 0. The first-order valence-corrected chi connectivity index (χ1v) is 5.19. The Labute approximate surface area is 103 Å². The summed E-state index contributed by atoms with van der Waals surface area (Å²) in [5.41, 5.74) is 3.23. The Balaban J connectivity index is 2.40. The highest BCUT2D eigenvalue weighted by atomic mass is 19.4. The lowest BCUT2D eigenvalue weighted by Crippen LogP contribution is -2.18. The molecule has 0 fully saturated rings. The van der Waals surface area contributed by atoms with Gasteiger partial charge in [0.25, 0.3) is 0 Å². The van der Waals surface area contributed by atoms with Gasteiger partial charge in [-0.2, -0.15) is 5.48 Å². The zero-order chi connectivity index (χ0) is 13.4. The van der Waals surface area contributed by atoms with Crippen LogP contribution in [-0.4, -0.2) is 26.7 Å². The van der Waals surface area contributed by atoms with E-state index in [1.54, 1.807) is 13.2 Å². The van der Waals surface area contributed by atoms with Gasteiger partial charge in [-0.3, -0.25) is 4.84 Å². The van der Waals surface area contributed by atoms with E-state index in [4.69, 9.17) is 9.57 Å². The van der Waals surface area contributed by atoms with E-state index >= 15 is 0 Å². The van der Waals surface area contributed by atoms with E-state index in [-0.39, 0.29) is 12.3 Å². The molecule has 1 aromatic carbocycles. The molecule has 18 heavy (non-hydrogen) atoms.